The van der Waals surface area contributed by atoms with Gasteiger partial charge in [0.2, 0.25) is 0 Å². The van der Waals surface area contributed by atoms with Crippen LogP contribution in [0.5, 0.6) is 5.75 Å². The lowest BCUT2D eigenvalue weighted by Gasteiger charge is -2.15. The van der Waals surface area contributed by atoms with Gasteiger partial charge in [-0.3, -0.25) is 0 Å². The van der Waals surface area contributed by atoms with Crippen LogP contribution in [-0.4, -0.2) is 45.6 Å². The second kappa shape index (κ2) is 8.98. The van der Waals surface area contributed by atoms with Gasteiger partial charge in [-0.05, 0) is 25.3 Å². The van der Waals surface area contributed by atoms with Gasteiger partial charge in [0, 0.05) is 18.7 Å². The van der Waals surface area contributed by atoms with Gasteiger partial charge in [0.1, 0.15) is 5.75 Å². The van der Waals surface area contributed by atoms with Crippen molar-refractivity contribution in [1.82, 2.24) is 10.6 Å². The first-order valence-electron chi connectivity index (χ1n) is 8.15. The fraction of sp³-hybridized carbons (Fsp3) is 0.562. The van der Waals surface area contributed by atoms with E-state index >= 15 is 0 Å². The van der Waals surface area contributed by atoms with E-state index in [0.717, 1.165) is 0 Å². The number of guanidine groups is 1. The van der Waals surface area contributed by atoms with Crippen LogP contribution in [0.1, 0.15) is 18.9 Å². The Morgan fingerprint density at radius 3 is 2.76 bits per heavy atom. The lowest BCUT2D eigenvalue weighted by Crippen LogP contribution is -2.40. The summed E-state index contributed by atoms with van der Waals surface area (Å²) in [6.07, 6.45) is 0.639. The molecule has 1 aliphatic heterocycles. The topological polar surface area (TPSA) is 79.8 Å². The molecule has 6 nitrogen and oxygen atoms in total. The molecule has 0 spiro atoms. The van der Waals surface area contributed by atoms with Gasteiger partial charge in [0.15, 0.2) is 15.8 Å². The second-order valence-electron chi connectivity index (χ2n) is 5.83. The first-order chi connectivity index (χ1) is 11.9. The highest BCUT2D eigenvalue weighted by atomic mass is 32.2. The largest absolute Gasteiger partial charge is 0.434 e. The predicted octanol–water partition coefficient (Wildman–Crippen LogP) is 1.78. The summed E-state index contributed by atoms with van der Waals surface area (Å²) in [5.74, 6) is 1.08. The Kier molecular flexibility index (Phi) is 6.98. The minimum Gasteiger partial charge on any atom is -0.434 e. The third kappa shape index (κ3) is 6.49. The van der Waals surface area contributed by atoms with E-state index < -0.39 is 16.4 Å². The molecule has 25 heavy (non-hydrogen) atoms. The number of hydrogen-bond acceptors (Lipinski definition) is 4. The number of nitrogens with zero attached hydrogens (tertiary/aromatic N) is 1. The number of rotatable bonds is 7. The van der Waals surface area contributed by atoms with E-state index in [1.54, 1.807) is 18.2 Å². The van der Waals surface area contributed by atoms with Gasteiger partial charge in [-0.1, -0.05) is 18.2 Å². The summed E-state index contributed by atoms with van der Waals surface area (Å²) in [5.41, 5.74) is 0.545. The standard InChI is InChI=1S/C16H23F2N3O3S/c1-2-19-16(20-9-12-7-8-25(22,23)11-12)21-10-13-5-3-4-6-14(13)24-15(17)18/h3-6,12,15H,2,7-11H2,1H3,(H2,19,20,21). The van der Waals surface area contributed by atoms with Gasteiger partial charge in [0.25, 0.3) is 0 Å². The summed E-state index contributed by atoms with van der Waals surface area (Å²) in [5, 5.41) is 6.17. The van der Waals surface area contributed by atoms with Crippen LogP contribution in [0, 0.1) is 5.92 Å². The van der Waals surface area contributed by atoms with E-state index in [1.807, 2.05) is 6.92 Å². The molecule has 1 aromatic rings. The smallest absolute Gasteiger partial charge is 0.387 e. The van der Waals surface area contributed by atoms with Crippen molar-refractivity contribution in [2.24, 2.45) is 10.9 Å². The normalized spacial score (nSPS) is 19.8. The highest BCUT2D eigenvalue weighted by molar-refractivity contribution is 7.91. The number of halogens is 2. The van der Waals surface area contributed by atoms with Crippen molar-refractivity contribution in [3.63, 3.8) is 0 Å². The van der Waals surface area contributed by atoms with Crippen LogP contribution in [0.4, 0.5) is 8.78 Å². The Morgan fingerprint density at radius 2 is 2.12 bits per heavy atom. The van der Waals surface area contributed by atoms with Gasteiger partial charge in [0.05, 0.1) is 18.1 Å². The van der Waals surface area contributed by atoms with Crippen molar-refractivity contribution in [1.29, 1.82) is 0 Å². The van der Waals surface area contributed by atoms with Gasteiger partial charge >= 0.3 is 6.61 Å². The number of ether oxygens (including phenoxy) is 1. The molecular formula is C16H23F2N3O3S. The second-order valence-corrected chi connectivity index (χ2v) is 8.06. The Balaban J connectivity index is 1.98. The highest BCUT2D eigenvalue weighted by Gasteiger charge is 2.27. The molecular weight excluding hydrogens is 352 g/mol. The number of nitrogens with one attached hydrogen (secondary N) is 2. The van der Waals surface area contributed by atoms with Crippen LogP contribution in [0.15, 0.2) is 29.3 Å². The number of aliphatic imine (C=N–C) groups is 1. The lowest BCUT2D eigenvalue weighted by molar-refractivity contribution is -0.0504. The molecule has 0 bridgehead atoms. The molecule has 1 saturated heterocycles. The van der Waals surface area contributed by atoms with Crippen molar-refractivity contribution in [2.75, 3.05) is 24.6 Å². The molecule has 1 unspecified atom stereocenters. The Bertz CT molecular complexity index is 696. The maximum absolute atomic E-state index is 12.4. The van der Waals surface area contributed by atoms with Crippen LogP contribution in [-0.2, 0) is 16.4 Å². The third-order valence-corrected chi connectivity index (χ3v) is 5.66. The Morgan fingerprint density at radius 1 is 1.36 bits per heavy atom. The number of hydrogen-bond donors (Lipinski definition) is 2. The lowest BCUT2D eigenvalue weighted by atomic mass is 10.1. The van der Waals surface area contributed by atoms with Gasteiger partial charge in [-0.25, -0.2) is 13.4 Å². The average molecular weight is 375 g/mol. The first-order valence-corrected chi connectivity index (χ1v) is 9.97. The zero-order valence-corrected chi connectivity index (χ0v) is 14.9. The number of alkyl halides is 2. The molecule has 9 heteroatoms. The van der Waals surface area contributed by atoms with E-state index in [2.05, 4.69) is 20.4 Å². The van der Waals surface area contributed by atoms with Gasteiger partial charge < -0.3 is 15.4 Å². The van der Waals surface area contributed by atoms with E-state index in [9.17, 15) is 17.2 Å². The molecule has 0 saturated carbocycles. The van der Waals surface area contributed by atoms with Crippen molar-refractivity contribution in [3.8, 4) is 5.75 Å². The quantitative estimate of drug-likeness (QED) is 0.561. The summed E-state index contributed by atoms with van der Waals surface area (Å²) in [6.45, 7) is 0.317. The van der Waals surface area contributed by atoms with Crippen LogP contribution in [0.25, 0.3) is 0 Å². The van der Waals surface area contributed by atoms with Crippen molar-refractivity contribution in [2.45, 2.75) is 26.5 Å². The fourth-order valence-corrected chi connectivity index (χ4v) is 4.49. The Hall–Kier alpha value is -1.90. The molecule has 2 rings (SSSR count). The molecule has 2 N–H and O–H groups in total. The molecule has 1 heterocycles. The summed E-state index contributed by atoms with van der Waals surface area (Å²) in [7, 11) is -2.92. The molecule has 1 aliphatic rings. The molecule has 140 valence electrons. The SMILES string of the molecule is CCNC(=NCc1ccccc1OC(F)F)NCC1CCS(=O)(=O)C1. The number of sulfone groups is 1. The minimum atomic E-state index is -2.92. The van der Waals surface area contributed by atoms with Crippen LogP contribution < -0.4 is 15.4 Å². The van der Waals surface area contributed by atoms with Crippen molar-refractivity contribution in [3.05, 3.63) is 29.8 Å². The first kappa shape index (κ1) is 19.4. The summed E-state index contributed by atoms with van der Waals surface area (Å²) in [4.78, 5) is 4.37. The predicted molar refractivity (Wildman–Crippen MR) is 92.7 cm³/mol. The third-order valence-electron chi connectivity index (χ3n) is 3.83. The molecule has 1 aromatic carbocycles. The molecule has 0 amide bonds. The van der Waals surface area contributed by atoms with Crippen LogP contribution in [0.3, 0.4) is 0 Å². The number of benzene rings is 1. The van der Waals surface area contributed by atoms with Gasteiger partial charge in [-0.15, -0.1) is 0 Å². The summed E-state index contributed by atoms with van der Waals surface area (Å²) >= 11 is 0. The van der Waals surface area contributed by atoms with Crippen molar-refractivity contribution < 1.29 is 21.9 Å². The zero-order valence-electron chi connectivity index (χ0n) is 14.0. The van der Waals surface area contributed by atoms with Gasteiger partial charge in [-0.2, -0.15) is 8.78 Å². The number of para-hydroxylation sites is 1. The monoisotopic (exact) mass is 375 g/mol. The van der Waals surface area contributed by atoms with Crippen LogP contribution in [0.2, 0.25) is 0 Å². The summed E-state index contributed by atoms with van der Waals surface area (Å²) < 4.78 is 52.4. The minimum absolute atomic E-state index is 0.0586. The molecule has 0 aromatic heterocycles. The molecule has 0 aliphatic carbocycles. The Labute approximate surface area is 146 Å². The van der Waals surface area contributed by atoms with Crippen LogP contribution >= 0.6 is 0 Å². The zero-order chi connectivity index (χ0) is 18.3. The maximum atomic E-state index is 12.4. The van der Waals surface area contributed by atoms with Crippen molar-refractivity contribution >= 4 is 15.8 Å². The summed E-state index contributed by atoms with van der Waals surface area (Å²) in [6, 6.07) is 6.50. The van der Waals surface area contributed by atoms with E-state index in [4.69, 9.17) is 0 Å². The maximum Gasteiger partial charge on any atom is 0.387 e. The average Bonchev–Trinajstić information content (AvgIpc) is 2.90. The fourth-order valence-electron chi connectivity index (χ4n) is 2.63. The molecule has 0 radical (unpaired) electrons. The van der Waals surface area contributed by atoms with E-state index in [0.29, 0.717) is 31.0 Å². The molecule has 1 atom stereocenters. The van der Waals surface area contributed by atoms with E-state index in [-0.39, 0.29) is 29.7 Å². The van der Waals surface area contributed by atoms with E-state index in [1.165, 1.54) is 6.07 Å². The highest BCUT2D eigenvalue weighted by Crippen LogP contribution is 2.21. The molecule has 1 fully saturated rings.